The first-order chi connectivity index (χ1) is 13.2. The maximum absolute atomic E-state index is 12.9. The van der Waals surface area contributed by atoms with Crippen LogP contribution in [0.15, 0.2) is 42.5 Å². The maximum Gasteiger partial charge on any atom is 0.343 e. The van der Waals surface area contributed by atoms with Crippen molar-refractivity contribution in [1.82, 2.24) is 0 Å². The Balaban J connectivity index is 1.98. The lowest BCUT2D eigenvalue weighted by atomic mass is 9.80. The van der Waals surface area contributed by atoms with Crippen LogP contribution in [0.4, 0.5) is 0 Å². The van der Waals surface area contributed by atoms with Crippen LogP contribution in [0, 0.1) is 5.92 Å². The number of likely N-dealkylation sites (N-methyl/N-ethyl adjacent to an activating group) is 1. The van der Waals surface area contributed by atoms with Crippen molar-refractivity contribution >= 4 is 11.9 Å². The molecule has 0 bridgehead atoms. The molecular weight excluding hydrogens is 358 g/mol. The Morgan fingerprint density at radius 2 is 1.79 bits per heavy atom. The Kier molecular flexibility index (Phi) is 7.38. The first-order valence-electron chi connectivity index (χ1n) is 9.76. The van der Waals surface area contributed by atoms with Gasteiger partial charge in [0.05, 0.1) is 14.1 Å². The summed E-state index contributed by atoms with van der Waals surface area (Å²) in [6.45, 7) is 5.87. The number of benzene rings is 1. The van der Waals surface area contributed by atoms with Gasteiger partial charge in [0.2, 0.25) is 6.73 Å². The van der Waals surface area contributed by atoms with Gasteiger partial charge >= 0.3 is 11.9 Å². The summed E-state index contributed by atoms with van der Waals surface area (Å²) in [5.41, 5.74) is -0.701. The fourth-order valence-corrected chi connectivity index (χ4v) is 3.47. The number of ether oxygens (including phenoxy) is 2. The van der Waals surface area contributed by atoms with Gasteiger partial charge in [0.1, 0.15) is 13.2 Å². The number of carbonyl (C=O) groups excluding carboxylic acids is 2. The van der Waals surface area contributed by atoms with Gasteiger partial charge in [-0.2, -0.15) is 0 Å². The van der Waals surface area contributed by atoms with E-state index in [1.54, 1.807) is 19.1 Å². The summed E-state index contributed by atoms with van der Waals surface area (Å²) in [6, 6.07) is 9.04. The molecule has 1 atom stereocenters. The molecule has 1 aromatic carbocycles. The molecule has 2 rings (SSSR count). The average Bonchev–Trinajstić information content (AvgIpc) is 3.21. The summed E-state index contributed by atoms with van der Waals surface area (Å²) in [5.74, 6) is -1.19. The summed E-state index contributed by atoms with van der Waals surface area (Å²) in [7, 11) is 3.75. The van der Waals surface area contributed by atoms with Gasteiger partial charge < -0.3 is 14.6 Å². The molecule has 1 aliphatic rings. The quantitative estimate of drug-likeness (QED) is 0.304. The van der Waals surface area contributed by atoms with E-state index >= 15 is 0 Å². The van der Waals surface area contributed by atoms with Gasteiger partial charge in [0, 0.05) is 11.5 Å². The van der Waals surface area contributed by atoms with Crippen LogP contribution in [-0.2, 0) is 24.7 Å². The monoisotopic (exact) mass is 390 g/mol. The van der Waals surface area contributed by atoms with E-state index in [0.29, 0.717) is 22.2 Å². The van der Waals surface area contributed by atoms with Crippen molar-refractivity contribution in [3.8, 4) is 0 Å². The van der Waals surface area contributed by atoms with Crippen LogP contribution in [0.2, 0.25) is 0 Å². The van der Waals surface area contributed by atoms with Gasteiger partial charge in [-0.15, -0.1) is 0 Å². The number of esters is 2. The first kappa shape index (κ1) is 22.1. The van der Waals surface area contributed by atoms with Crippen LogP contribution < -0.4 is 0 Å². The largest absolute Gasteiger partial charge is 0.457 e. The van der Waals surface area contributed by atoms with E-state index in [4.69, 9.17) is 9.47 Å². The topological polar surface area (TPSA) is 72.8 Å². The number of hydrogen-bond acceptors (Lipinski definition) is 5. The lowest BCUT2D eigenvalue weighted by molar-refractivity contribution is -0.907. The molecule has 28 heavy (non-hydrogen) atoms. The summed E-state index contributed by atoms with van der Waals surface area (Å²) in [4.78, 5) is 24.5. The third-order valence-electron chi connectivity index (χ3n) is 5.29. The van der Waals surface area contributed by atoms with Gasteiger partial charge in [-0.05, 0) is 25.3 Å². The summed E-state index contributed by atoms with van der Waals surface area (Å²) in [5, 5.41) is 11.4. The number of carbonyl (C=O) groups is 2. The van der Waals surface area contributed by atoms with Gasteiger partial charge in [-0.25, -0.2) is 9.59 Å². The molecule has 0 amide bonds. The summed E-state index contributed by atoms with van der Waals surface area (Å²) < 4.78 is 11.0. The molecule has 6 nitrogen and oxygen atoms in total. The zero-order chi connectivity index (χ0) is 20.8. The molecule has 0 aromatic heterocycles. The fourth-order valence-electron chi connectivity index (χ4n) is 3.47. The van der Waals surface area contributed by atoms with Crippen LogP contribution in [0.1, 0.15) is 38.2 Å². The zero-order valence-electron chi connectivity index (χ0n) is 17.1. The van der Waals surface area contributed by atoms with Crippen molar-refractivity contribution in [2.45, 2.75) is 38.2 Å². The Labute approximate surface area is 167 Å². The van der Waals surface area contributed by atoms with Crippen LogP contribution in [0.25, 0.3) is 0 Å². The summed E-state index contributed by atoms with van der Waals surface area (Å²) >= 11 is 0. The highest BCUT2D eigenvalue weighted by Crippen LogP contribution is 2.41. The maximum atomic E-state index is 12.9. The minimum Gasteiger partial charge on any atom is -0.457 e. The van der Waals surface area contributed by atoms with E-state index < -0.39 is 17.5 Å². The highest BCUT2D eigenvalue weighted by Gasteiger charge is 2.47. The van der Waals surface area contributed by atoms with Gasteiger partial charge in [0.25, 0.3) is 0 Å². The molecule has 0 spiro atoms. The summed E-state index contributed by atoms with van der Waals surface area (Å²) in [6.07, 6.45) is 3.62. The standard InChI is InChI=1S/C22H32NO5/c1-17(2)20(24)28-16-23(3,4)14-15-27-21(25)22(26,19-12-8-9-13-19)18-10-6-5-7-11-18/h5-7,10-11,19,26H,1,8-9,12-16H2,2-4H3/q+1/t22-/m0/s1. The molecular formula is C22H32NO5+. The number of rotatable bonds is 9. The van der Waals surface area contributed by atoms with Crippen molar-refractivity contribution in [3.05, 3.63) is 48.0 Å². The van der Waals surface area contributed by atoms with Gasteiger partial charge in [-0.3, -0.25) is 4.48 Å². The molecule has 0 unspecified atom stereocenters. The van der Waals surface area contributed by atoms with E-state index in [1.165, 1.54) is 0 Å². The van der Waals surface area contributed by atoms with Crippen LogP contribution in [0.3, 0.4) is 0 Å². The van der Waals surface area contributed by atoms with E-state index in [-0.39, 0.29) is 19.3 Å². The predicted octanol–water partition coefficient (Wildman–Crippen LogP) is 2.76. The second kappa shape index (κ2) is 9.34. The fraction of sp³-hybridized carbons (Fsp3) is 0.545. The lowest BCUT2D eigenvalue weighted by Crippen LogP contribution is -2.47. The molecule has 1 saturated carbocycles. The predicted molar refractivity (Wildman–Crippen MR) is 106 cm³/mol. The minimum absolute atomic E-state index is 0.123. The number of quaternary nitrogens is 1. The van der Waals surface area contributed by atoms with Crippen LogP contribution in [0.5, 0.6) is 0 Å². The molecule has 0 radical (unpaired) electrons. The van der Waals surface area contributed by atoms with Crippen molar-refractivity contribution in [2.24, 2.45) is 5.92 Å². The van der Waals surface area contributed by atoms with Crippen molar-refractivity contribution in [2.75, 3.05) is 34.0 Å². The highest BCUT2D eigenvalue weighted by atomic mass is 16.6. The molecule has 1 N–H and O–H groups in total. The third-order valence-corrected chi connectivity index (χ3v) is 5.29. The Morgan fingerprint density at radius 1 is 1.18 bits per heavy atom. The Hall–Kier alpha value is -2.18. The number of nitrogens with zero attached hydrogens (tertiary/aromatic N) is 1. The van der Waals surface area contributed by atoms with E-state index in [2.05, 4.69) is 6.58 Å². The van der Waals surface area contributed by atoms with E-state index in [9.17, 15) is 14.7 Å². The molecule has 1 aliphatic carbocycles. The van der Waals surface area contributed by atoms with Gasteiger partial charge in [0.15, 0.2) is 5.60 Å². The smallest absolute Gasteiger partial charge is 0.343 e. The second-order valence-electron chi connectivity index (χ2n) is 8.25. The minimum atomic E-state index is -1.62. The number of aliphatic hydroxyl groups is 1. The SMILES string of the molecule is C=C(C)C(=O)OC[N+](C)(C)CCOC(=O)[C@](O)(c1ccccc1)C1CCCC1. The van der Waals surface area contributed by atoms with Crippen molar-refractivity contribution < 1.29 is 28.7 Å². The van der Waals surface area contributed by atoms with Gasteiger partial charge in [-0.1, -0.05) is 49.8 Å². The normalized spacial score (nSPS) is 17.0. The molecule has 0 saturated heterocycles. The van der Waals surface area contributed by atoms with Crippen molar-refractivity contribution in [3.63, 3.8) is 0 Å². The Morgan fingerprint density at radius 3 is 2.36 bits per heavy atom. The number of hydrogen-bond donors (Lipinski definition) is 1. The average molecular weight is 391 g/mol. The third kappa shape index (κ3) is 5.42. The molecule has 0 aliphatic heterocycles. The second-order valence-corrected chi connectivity index (χ2v) is 8.25. The van der Waals surface area contributed by atoms with Crippen molar-refractivity contribution in [1.29, 1.82) is 0 Å². The molecule has 1 aromatic rings. The van der Waals surface area contributed by atoms with E-state index in [1.807, 2.05) is 32.3 Å². The zero-order valence-corrected chi connectivity index (χ0v) is 17.1. The molecule has 1 fully saturated rings. The van der Waals surface area contributed by atoms with Crippen LogP contribution in [-0.4, -0.2) is 55.5 Å². The highest BCUT2D eigenvalue weighted by molar-refractivity contribution is 5.86. The molecule has 154 valence electrons. The first-order valence-corrected chi connectivity index (χ1v) is 9.76. The molecule has 6 heteroatoms. The van der Waals surface area contributed by atoms with Crippen LogP contribution >= 0.6 is 0 Å². The Bertz CT molecular complexity index is 694. The van der Waals surface area contributed by atoms with E-state index in [0.717, 1.165) is 25.7 Å². The molecule has 0 heterocycles. The lowest BCUT2D eigenvalue weighted by Gasteiger charge is -2.33.